The topological polar surface area (TPSA) is 37.3 Å². The molecule has 0 aromatic heterocycles. The minimum atomic E-state index is -0.509. The van der Waals surface area contributed by atoms with Crippen LogP contribution in [-0.4, -0.2) is 11.1 Å². The van der Waals surface area contributed by atoms with E-state index in [1.807, 2.05) is 0 Å². The van der Waals surface area contributed by atoms with Crippen LogP contribution in [0.2, 0.25) is 0 Å². The van der Waals surface area contributed by atoms with E-state index >= 15 is 0 Å². The summed E-state index contributed by atoms with van der Waals surface area (Å²) in [5, 5.41) is 10.1. The monoisotopic (exact) mass is 320 g/mol. The van der Waals surface area contributed by atoms with E-state index in [-0.39, 0.29) is 5.41 Å². The lowest BCUT2D eigenvalue weighted by Gasteiger charge is -2.61. The van der Waals surface area contributed by atoms with Gasteiger partial charge in [-0.3, -0.25) is 4.79 Å². The summed E-state index contributed by atoms with van der Waals surface area (Å²) >= 11 is 0. The van der Waals surface area contributed by atoms with Gasteiger partial charge in [0.2, 0.25) is 0 Å². The van der Waals surface area contributed by atoms with E-state index in [2.05, 4.69) is 27.7 Å². The van der Waals surface area contributed by atoms with E-state index in [0.29, 0.717) is 5.92 Å². The SMILES string of the molecule is CC[C@]1(C(=O)O)CCC[C@@]2(C)C1CCC1CC(C(C)C)CC[C@H]12. The summed E-state index contributed by atoms with van der Waals surface area (Å²) < 4.78 is 0. The predicted octanol–water partition coefficient (Wildman–Crippen LogP) is 5.76. The molecular formula is C21H36O2. The zero-order valence-electron chi connectivity index (χ0n) is 15.6. The lowest BCUT2D eigenvalue weighted by Crippen LogP contribution is -2.56. The lowest BCUT2D eigenvalue weighted by molar-refractivity contribution is -0.176. The van der Waals surface area contributed by atoms with Gasteiger partial charge >= 0.3 is 5.97 Å². The van der Waals surface area contributed by atoms with E-state index in [9.17, 15) is 9.90 Å². The molecule has 2 nitrogen and oxygen atoms in total. The third-order valence-electron chi connectivity index (χ3n) is 8.50. The van der Waals surface area contributed by atoms with Gasteiger partial charge in [0, 0.05) is 0 Å². The van der Waals surface area contributed by atoms with E-state index < -0.39 is 11.4 Å². The summed E-state index contributed by atoms with van der Waals surface area (Å²) in [7, 11) is 0. The molecule has 3 rings (SSSR count). The maximum Gasteiger partial charge on any atom is 0.309 e. The zero-order chi connectivity index (χ0) is 16.8. The normalized spacial score (nSPS) is 47.0. The highest BCUT2D eigenvalue weighted by Crippen LogP contribution is 2.65. The highest BCUT2D eigenvalue weighted by Gasteiger charge is 2.60. The van der Waals surface area contributed by atoms with Crippen molar-refractivity contribution >= 4 is 5.97 Å². The molecule has 3 saturated carbocycles. The Morgan fingerprint density at radius 1 is 1.17 bits per heavy atom. The average molecular weight is 321 g/mol. The van der Waals surface area contributed by atoms with Crippen LogP contribution in [0.5, 0.6) is 0 Å². The fourth-order valence-electron chi connectivity index (χ4n) is 7.12. The van der Waals surface area contributed by atoms with Crippen molar-refractivity contribution in [2.75, 3.05) is 0 Å². The summed E-state index contributed by atoms with van der Waals surface area (Å²) in [5.41, 5.74) is -0.162. The second-order valence-electron chi connectivity index (χ2n) is 9.49. The van der Waals surface area contributed by atoms with Crippen molar-refractivity contribution in [3.05, 3.63) is 0 Å². The molecule has 2 heteroatoms. The highest BCUT2D eigenvalue weighted by atomic mass is 16.4. The number of fused-ring (bicyclic) bond motifs is 3. The van der Waals surface area contributed by atoms with Gasteiger partial charge in [-0.15, -0.1) is 0 Å². The Kier molecular flexibility index (Phi) is 4.57. The number of rotatable bonds is 3. The quantitative estimate of drug-likeness (QED) is 0.718. The summed E-state index contributed by atoms with van der Waals surface area (Å²) in [4.78, 5) is 12.2. The first-order valence-electron chi connectivity index (χ1n) is 10.1. The fourth-order valence-corrected chi connectivity index (χ4v) is 7.12. The molecule has 3 fully saturated rings. The molecule has 0 aliphatic heterocycles. The average Bonchev–Trinajstić information content (AvgIpc) is 2.52. The molecule has 0 heterocycles. The molecule has 0 aromatic rings. The van der Waals surface area contributed by atoms with Gasteiger partial charge in [-0.1, -0.05) is 34.1 Å². The van der Waals surface area contributed by atoms with Crippen LogP contribution in [0.15, 0.2) is 0 Å². The van der Waals surface area contributed by atoms with Crippen molar-refractivity contribution < 1.29 is 9.90 Å². The van der Waals surface area contributed by atoms with Gasteiger partial charge in [0.05, 0.1) is 5.41 Å². The molecule has 0 radical (unpaired) electrons. The molecule has 23 heavy (non-hydrogen) atoms. The minimum absolute atomic E-state index is 0.275. The fraction of sp³-hybridized carbons (Fsp3) is 0.952. The second kappa shape index (κ2) is 6.08. The third kappa shape index (κ3) is 2.55. The van der Waals surface area contributed by atoms with Crippen molar-refractivity contribution in [2.24, 2.45) is 40.4 Å². The molecule has 0 saturated heterocycles. The van der Waals surface area contributed by atoms with Crippen LogP contribution >= 0.6 is 0 Å². The van der Waals surface area contributed by atoms with Crippen LogP contribution in [0.25, 0.3) is 0 Å². The Morgan fingerprint density at radius 3 is 2.52 bits per heavy atom. The van der Waals surface area contributed by atoms with Crippen LogP contribution in [0, 0.1) is 40.4 Å². The van der Waals surface area contributed by atoms with Crippen molar-refractivity contribution in [2.45, 2.75) is 85.5 Å². The molecule has 0 aromatic carbocycles. The molecule has 6 atom stereocenters. The molecule has 132 valence electrons. The number of hydrogen-bond donors (Lipinski definition) is 1. The van der Waals surface area contributed by atoms with E-state index in [0.717, 1.165) is 49.4 Å². The Hall–Kier alpha value is -0.530. The molecule has 1 N–H and O–H groups in total. The van der Waals surface area contributed by atoms with Gasteiger partial charge in [0.25, 0.3) is 0 Å². The van der Waals surface area contributed by atoms with Gasteiger partial charge in [-0.2, -0.15) is 0 Å². The van der Waals surface area contributed by atoms with E-state index in [1.54, 1.807) is 0 Å². The first-order chi connectivity index (χ1) is 10.8. The first-order valence-corrected chi connectivity index (χ1v) is 10.1. The summed E-state index contributed by atoms with van der Waals surface area (Å²) in [6.45, 7) is 9.34. The van der Waals surface area contributed by atoms with E-state index in [1.165, 1.54) is 32.1 Å². The first kappa shape index (κ1) is 17.3. The Morgan fingerprint density at radius 2 is 1.91 bits per heavy atom. The van der Waals surface area contributed by atoms with Crippen LogP contribution in [0.3, 0.4) is 0 Å². The zero-order valence-corrected chi connectivity index (χ0v) is 15.6. The smallest absolute Gasteiger partial charge is 0.309 e. The molecule has 0 amide bonds. The molecule has 0 bridgehead atoms. The summed E-state index contributed by atoms with van der Waals surface area (Å²) in [5.74, 6) is 3.24. The maximum absolute atomic E-state index is 12.2. The standard InChI is InChI=1S/C21H36O2/c1-5-21(19(22)23)12-6-11-20(4)17-9-7-15(14(2)3)13-16(17)8-10-18(20)21/h14-18H,5-13H2,1-4H3,(H,22,23)/t15?,16?,17-,18?,20-,21+/m1/s1. The van der Waals surface area contributed by atoms with Crippen molar-refractivity contribution in [1.82, 2.24) is 0 Å². The van der Waals surface area contributed by atoms with E-state index in [4.69, 9.17) is 0 Å². The number of carboxylic acid groups (broad SMARTS) is 1. The largest absolute Gasteiger partial charge is 0.481 e. The molecule has 3 aliphatic carbocycles. The van der Waals surface area contributed by atoms with Gasteiger partial charge in [0.1, 0.15) is 0 Å². The third-order valence-corrected chi connectivity index (χ3v) is 8.50. The number of hydrogen-bond acceptors (Lipinski definition) is 1. The summed E-state index contributed by atoms with van der Waals surface area (Å²) in [6.07, 6.45) is 10.7. The Labute approximate surface area is 142 Å². The second-order valence-corrected chi connectivity index (χ2v) is 9.49. The number of aliphatic carboxylic acids is 1. The van der Waals surface area contributed by atoms with Crippen LogP contribution in [0.4, 0.5) is 0 Å². The minimum Gasteiger partial charge on any atom is -0.481 e. The Balaban J connectivity index is 1.88. The lowest BCUT2D eigenvalue weighted by atomic mass is 9.43. The van der Waals surface area contributed by atoms with Crippen LogP contribution < -0.4 is 0 Å². The van der Waals surface area contributed by atoms with Crippen molar-refractivity contribution in [3.63, 3.8) is 0 Å². The Bertz CT molecular complexity index is 457. The van der Waals surface area contributed by atoms with Crippen LogP contribution in [0.1, 0.15) is 85.5 Å². The number of carbonyl (C=O) groups is 1. The van der Waals surface area contributed by atoms with Gasteiger partial charge in [0.15, 0.2) is 0 Å². The van der Waals surface area contributed by atoms with Crippen molar-refractivity contribution in [3.8, 4) is 0 Å². The summed E-state index contributed by atoms with van der Waals surface area (Å²) in [6, 6.07) is 0. The molecule has 3 unspecified atom stereocenters. The van der Waals surface area contributed by atoms with Crippen LogP contribution in [-0.2, 0) is 4.79 Å². The number of carboxylic acids is 1. The molecule has 3 aliphatic rings. The molecular weight excluding hydrogens is 284 g/mol. The maximum atomic E-state index is 12.2. The predicted molar refractivity (Wildman–Crippen MR) is 94.2 cm³/mol. The van der Waals surface area contributed by atoms with Gasteiger partial charge < -0.3 is 5.11 Å². The molecule has 0 spiro atoms. The van der Waals surface area contributed by atoms with Gasteiger partial charge in [-0.25, -0.2) is 0 Å². The van der Waals surface area contributed by atoms with Crippen molar-refractivity contribution in [1.29, 1.82) is 0 Å². The van der Waals surface area contributed by atoms with Gasteiger partial charge in [-0.05, 0) is 86.4 Å². The highest BCUT2D eigenvalue weighted by molar-refractivity contribution is 5.75.